The Morgan fingerprint density at radius 3 is 2.84 bits per heavy atom. The maximum atomic E-state index is 12.1. The molecule has 0 unspecified atom stereocenters. The minimum absolute atomic E-state index is 0.0832. The summed E-state index contributed by atoms with van der Waals surface area (Å²) in [4.78, 5) is 13.9. The lowest BCUT2D eigenvalue weighted by molar-refractivity contribution is -0.134. The molecule has 0 atom stereocenters. The van der Waals surface area contributed by atoms with E-state index in [9.17, 15) is 4.79 Å². The minimum atomic E-state index is -0.0832. The topological polar surface area (TPSA) is 74.0 Å². The van der Waals surface area contributed by atoms with Gasteiger partial charge < -0.3 is 24.8 Å². The van der Waals surface area contributed by atoms with Gasteiger partial charge in [-0.2, -0.15) is 0 Å². The van der Waals surface area contributed by atoms with Crippen molar-refractivity contribution in [2.45, 2.75) is 25.4 Å². The highest BCUT2D eigenvalue weighted by Crippen LogP contribution is 2.17. The van der Waals surface area contributed by atoms with E-state index in [0.29, 0.717) is 45.2 Å². The molecule has 2 rings (SSSR count). The van der Waals surface area contributed by atoms with Crippen molar-refractivity contribution < 1.29 is 19.0 Å². The number of rotatable bonds is 5. The molecular formula is C13H22N2O4. The fourth-order valence-corrected chi connectivity index (χ4v) is 2.20. The van der Waals surface area contributed by atoms with Gasteiger partial charge in [-0.3, -0.25) is 4.79 Å². The van der Waals surface area contributed by atoms with Crippen molar-refractivity contribution in [2.75, 3.05) is 39.5 Å². The first-order valence-electron chi connectivity index (χ1n) is 6.87. The summed E-state index contributed by atoms with van der Waals surface area (Å²) in [7, 11) is 0. The molecule has 0 aromatic rings. The SMILES string of the molecule is NCCCOC1CCN(C(=O)C2=COCCO2)CC1. The average molecular weight is 270 g/mol. The molecule has 6 heteroatoms. The molecule has 108 valence electrons. The van der Waals surface area contributed by atoms with E-state index >= 15 is 0 Å². The summed E-state index contributed by atoms with van der Waals surface area (Å²) < 4.78 is 16.1. The molecule has 1 fully saturated rings. The van der Waals surface area contributed by atoms with E-state index in [0.717, 1.165) is 19.3 Å². The number of nitrogens with zero attached hydrogens (tertiary/aromatic N) is 1. The summed E-state index contributed by atoms with van der Waals surface area (Å²) in [5.41, 5.74) is 5.42. The predicted octanol–water partition coefficient (Wildman–Crippen LogP) is 0.231. The van der Waals surface area contributed by atoms with Gasteiger partial charge in [0, 0.05) is 19.7 Å². The summed E-state index contributed by atoms with van der Waals surface area (Å²) >= 11 is 0. The summed E-state index contributed by atoms with van der Waals surface area (Å²) in [6.07, 6.45) is 4.27. The molecule has 2 N–H and O–H groups in total. The van der Waals surface area contributed by atoms with Crippen LogP contribution in [0.1, 0.15) is 19.3 Å². The average Bonchev–Trinajstić information content (AvgIpc) is 2.48. The number of nitrogens with two attached hydrogens (primary N) is 1. The van der Waals surface area contributed by atoms with E-state index in [4.69, 9.17) is 19.9 Å². The van der Waals surface area contributed by atoms with E-state index in [1.165, 1.54) is 6.26 Å². The lowest BCUT2D eigenvalue weighted by Gasteiger charge is -2.32. The Labute approximate surface area is 113 Å². The smallest absolute Gasteiger partial charge is 0.292 e. The molecule has 19 heavy (non-hydrogen) atoms. The highest BCUT2D eigenvalue weighted by molar-refractivity contribution is 5.91. The number of carbonyl (C=O) groups excluding carboxylic acids is 1. The fourth-order valence-electron chi connectivity index (χ4n) is 2.20. The van der Waals surface area contributed by atoms with Crippen LogP contribution in [0.15, 0.2) is 12.0 Å². The van der Waals surface area contributed by atoms with Crippen molar-refractivity contribution in [3.63, 3.8) is 0 Å². The molecule has 1 saturated heterocycles. The van der Waals surface area contributed by atoms with Gasteiger partial charge in [0.05, 0.1) is 6.10 Å². The molecule has 0 bridgehead atoms. The van der Waals surface area contributed by atoms with Gasteiger partial charge >= 0.3 is 0 Å². The zero-order chi connectivity index (χ0) is 13.5. The Hall–Kier alpha value is -1.27. The normalized spacial score (nSPS) is 20.5. The van der Waals surface area contributed by atoms with E-state index in [-0.39, 0.29) is 12.0 Å². The second-order valence-electron chi connectivity index (χ2n) is 4.71. The summed E-state index contributed by atoms with van der Waals surface area (Å²) in [5.74, 6) is 0.230. The molecule has 0 aliphatic carbocycles. The molecule has 2 heterocycles. The van der Waals surface area contributed by atoms with Gasteiger partial charge in [-0.25, -0.2) is 0 Å². The second kappa shape index (κ2) is 7.35. The zero-order valence-corrected chi connectivity index (χ0v) is 11.2. The second-order valence-corrected chi connectivity index (χ2v) is 4.71. The Balaban J connectivity index is 1.73. The Bertz CT molecular complexity index is 325. The van der Waals surface area contributed by atoms with Crippen LogP contribution in [0.25, 0.3) is 0 Å². The van der Waals surface area contributed by atoms with Crippen molar-refractivity contribution in [1.82, 2.24) is 4.90 Å². The van der Waals surface area contributed by atoms with Crippen molar-refractivity contribution >= 4 is 5.91 Å². The van der Waals surface area contributed by atoms with Crippen LogP contribution in [0, 0.1) is 0 Å². The van der Waals surface area contributed by atoms with Crippen LogP contribution < -0.4 is 5.73 Å². The Morgan fingerprint density at radius 2 is 2.21 bits per heavy atom. The van der Waals surface area contributed by atoms with Crippen LogP contribution in [0.5, 0.6) is 0 Å². The highest BCUT2D eigenvalue weighted by Gasteiger charge is 2.27. The molecule has 6 nitrogen and oxygen atoms in total. The van der Waals surface area contributed by atoms with Gasteiger partial charge in [0.15, 0.2) is 0 Å². The molecule has 0 aromatic carbocycles. The van der Waals surface area contributed by atoms with E-state index in [1.54, 1.807) is 4.90 Å². The van der Waals surface area contributed by atoms with Crippen LogP contribution in [0.3, 0.4) is 0 Å². The van der Waals surface area contributed by atoms with Gasteiger partial charge in [0.25, 0.3) is 5.91 Å². The number of piperidine rings is 1. The summed E-state index contributed by atoms with van der Waals surface area (Å²) in [6.45, 7) is 3.71. The molecule has 0 saturated carbocycles. The third kappa shape index (κ3) is 4.11. The summed E-state index contributed by atoms with van der Waals surface area (Å²) in [6, 6.07) is 0. The monoisotopic (exact) mass is 270 g/mol. The van der Waals surface area contributed by atoms with Crippen molar-refractivity contribution in [3.05, 3.63) is 12.0 Å². The molecule has 0 spiro atoms. The largest absolute Gasteiger partial charge is 0.494 e. The number of hydrogen-bond donors (Lipinski definition) is 1. The first-order chi connectivity index (χ1) is 9.31. The third-order valence-electron chi connectivity index (χ3n) is 3.29. The van der Waals surface area contributed by atoms with Gasteiger partial charge in [-0.15, -0.1) is 0 Å². The van der Waals surface area contributed by atoms with Crippen molar-refractivity contribution in [3.8, 4) is 0 Å². The molecule has 0 aromatic heterocycles. The van der Waals surface area contributed by atoms with Crippen LogP contribution in [0.4, 0.5) is 0 Å². The quantitative estimate of drug-likeness (QED) is 0.724. The van der Waals surface area contributed by atoms with E-state index in [1.807, 2.05) is 0 Å². The molecule has 2 aliphatic heterocycles. The third-order valence-corrected chi connectivity index (χ3v) is 3.29. The Morgan fingerprint density at radius 1 is 1.42 bits per heavy atom. The lowest BCUT2D eigenvalue weighted by atomic mass is 10.1. The van der Waals surface area contributed by atoms with Gasteiger partial charge in [0.1, 0.15) is 19.5 Å². The first-order valence-corrected chi connectivity index (χ1v) is 6.87. The fraction of sp³-hybridized carbons (Fsp3) is 0.769. The van der Waals surface area contributed by atoms with Gasteiger partial charge in [-0.1, -0.05) is 0 Å². The molecule has 0 radical (unpaired) electrons. The molecule has 1 amide bonds. The predicted molar refractivity (Wildman–Crippen MR) is 69.2 cm³/mol. The molecule has 2 aliphatic rings. The van der Waals surface area contributed by atoms with Crippen molar-refractivity contribution in [2.24, 2.45) is 5.73 Å². The van der Waals surface area contributed by atoms with E-state index < -0.39 is 0 Å². The first kappa shape index (κ1) is 14.1. The van der Waals surface area contributed by atoms with Crippen LogP contribution in [-0.2, 0) is 19.0 Å². The minimum Gasteiger partial charge on any atom is -0.494 e. The summed E-state index contributed by atoms with van der Waals surface area (Å²) in [5, 5.41) is 0. The lowest BCUT2D eigenvalue weighted by Crippen LogP contribution is -2.42. The van der Waals surface area contributed by atoms with Crippen molar-refractivity contribution in [1.29, 1.82) is 0 Å². The van der Waals surface area contributed by atoms with Crippen LogP contribution >= 0.6 is 0 Å². The number of hydrogen-bond acceptors (Lipinski definition) is 5. The Kier molecular flexibility index (Phi) is 5.47. The highest BCUT2D eigenvalue weighted by atomic mass is 16.6. The maximum absolute atomic E-state index is 12.1. The number of likely N-dealkylation sites (tertiary alicyclic amines) is 1. The maximum Gasteiger partial charge on any atom is 0.292 e. The standard InChI is InChI=1S/C13H22N2O4/c14-4-1-7-18-11-2-5-15(6-3-11)13(16)12-10-17-8-9-19-12/h10-11H,1-9,14H2. The molecular weight excluding hydrogens is 248 g/mol. The zero-order valence-electron chi connectivity index (χ0n) is 11.2. The van der Waals surface area contributed by atoms with Gasteiger partial charge in [0.2, 0.25) is 5.76 Å². The number of ether oxygens (including phenoxy) is 3. The van der Waals surface area contributed by atoms with Crippen LogP contribution in [0.2, 0.25) is 0 Å². The van der Waals surface area contributed by atoms with Gasteiger partial charge in [-0.05, 0) is 25.8 Å². The number of amides is 1. The number of carbonyl (C=O) groups is 1. The van der Waals surface area contributed by atoms with E-state index in [2.05, 4.69) is 0 Å². The van der Waals surface area contributed by atoms with Crippen LogP contribution in [-0.4, -0.2) is 56.4 Å².